The maximum Gasteiger partial charge on any atom is 0.231 e. The van der Waals surface area contributed by atoms with Gasteiger partial charge in [0, 0.05) is 36.6 Å². The van der Waals surface area contributed by atoms with Crippen LogP contribution in [0.5, 0.6) is 0 Å². The van der Waals surface area contributed by atoms with E-state index in [-0.39, 0.29) is 18.4 Å². The van der Waals surface area contributed by atoms with E-state index in [4.69, 9.17) is 11.6 Å². The third-order valence-corrected chi connectivity index (χ3v) is 5.11. The fourth-order valence-corrected chi connectivity index (χ4v) is 3.57. The van der Waals surface area contributed by atoms with Crippen LogP contribution in [0, 0.1) is 5.92 Å². The Balaban J connectivity index is 1.49. The van der Waals surface area contributed by atoms with Gasteiger partial charge in [0.15, 0.2) is 5.82 Å². The van der Waals surface area contributed by atoms with Gasteiger partial charge in [-0.3, -0.25) is 14.7 Å². The zero-order valence-corrected chi connectivity index (χ0v) is 15.8. The lowest BCUT2D eigenvalue weighted by atomic mass is 9.96. The van der Waals surface area contributed by atoms with Crippen molar-refractivity contribution < 1.29 is 9.90 Å². The number of aromatic nitrogens is 4. The molecule has 0 spiro atoms. The Morgan fingerprint density at radius 1 is 1.14 bits per heavy atom. The number of amides is 1. The van der Waals surface area contributed by atoms with E-state index >= 15 is 0 Å². The number of pyridine rings is 2. The van der Waals surface area contributed by atoms with Crippen LogP contribution in [-0.4, -0.2) is 37.7 Å². The number of halogens is 1. The molecule has 1 unspecified atom stereocenters. The Bertz CT molecular complexity index is 982. The summed E-state index contributed by atoms with van der Waals surface area (Å²) >= 11 is 5.89. The minimum Gasteiger partial charge on any atom is -0.392 e. The van der Waals surface area contributed by atoms with Gasteiger partial charge in [-0.25, -0.2) is 4.98 Å². The highest BCUT2D eigenvalue weighted by atomic mass is 35.5. The molecule has 3 aromatic rings. The Hall–Kier alpha value is -2.90. The highest BCUT2D eigenvalue weighted by Gasteiger charge is 2.33. The first-order valence-electron chi connectivity index (χ1n) is 8.95. The number of carbonyl (C=O) groups is 1. The van der Waals surface area contributed by atoms with Crippen molar-refractivity contribution in [2.24, 2.45) is 5.92 Å². The van der Waals surface area contributed by atoms with E-state index in [1.807, 2.05) is 24.3 Å². The van der Waals surface area contributed by atoms with Crippen molar-refractivity contribution in [3.63, 3.8) is 0 Å². The zero-order valence-electron chi connectivity index (χ0n) is 15.0. The van der Waals surface area contributed by atoms with Crippen LogP contribution in [0.3, 0.4) is 0 Å². The Morgan fingerprint density at radius 2 is 1.96 bits per heavy atom. The molecule has 0 saturated carbocycles. The number of aliphatic hydroxyl groups excluding tert-OH is 1. The van der Waals surface area contributed by atoms with Crippen LogP contribution >= 0.6 is 11.6 Å². The molecular weight excluding hydrogens is 378 g/mol. The summed E-state index contributed by atoms with van der Waals surface area (Å²) in [7, 11) is 0. The molecule has 1 fully saturated rings. The van der Waals surface area contributed by atoms with Crippen LogP contribution < -0.4 is 4.90 Å². The second kappa shape index (κ2) is 8.00. The molecule has 3 aromatic heterocycles. The van der Waals surface area contributed by atoms with Gasteiger partial charge in [0.1, 0.15) is 5.15 Å². The molecule has 4 rings (SSSR count). The molecule has 28 heavy (non-hydrogen) atoms. The average molecular weight is 396 g/mol. The predicted molar refractivity (Wildman–Crippen MR) is 105 cm³/mol. The van der Waals surface area contributed by atoms with Crippen LogP contribution in [0.25, 0.3) is 11.3 Å². The van der Waals surface area contributed by atoms with Crippen LogP contribution in [0.2, 0.25) is 5.15 Å². The van der Waals surface area contributed by atoms with Crippen molar-refractivity contribution in [2.75, 3.05) is 11.4 Å². The molecule has 0 bridgehead atoms. The number of hydrogen-bond acceptors (Lipinski definition) is 6. The Morgan fingerprint density at radius 3 is 2.68 bits per heavy atom. The summed E-state index contributed by atoms with van der Waals surface area (Å²) in [5.41, 5.74) is 3.19. The zero-order chi connectivity index (χ0) is 19.5. The molecule has 1 aliphatic heterocycles. The molecule has 4 heterocycles. The van der Waals surface area contributed by atoms with Gasteiger partial charge in [0.2, 0.25) is 5.91 Å². The third kappa shape index (κ3) is 3.72. The third-order valence-electron chi connectivity index (χ3n) is 4.91. The van der Waals surface area contributed by atoms with Gasteiger partial charge in [0.25, 0.3) is 0 Å². The molecule has 1 N–H and O–H groups in total. The van der Waals surface area contributed by atoms with E-state index in [0.717, 1.165) is 16.8 Å². The molecule has 0 radical (unpaired) electrons. The topological polar surface area (TPSA) is 92.1 Å². The summed E-state index contributed by atoms with van der Waals surface area (Å²) in [5.74, 6) is 0.363. The first-order valence-corrected chi connectivity index (χ1v) is 9.33. The molecule has 7 nitrogen and oxygen atoms in total. The number of carbonyl (C=O) groups excluding carboxylic acids is 1. The van der Waals surface area contributed by atoms with Crippen LogP contribution in [0.1, 0.15) is 17.5 Å². The number of rotatable bonds is 5. The van der Waals surface area contributed by atoms with Gasteiger partial charge in [-0.15, -0.1) is 10.2 Å². The van der Waals surface area contributed by atoms with Crippen molar-refractivity contribution in [1.29, 1.82) is 0 Å². The minimum atomic E-state index is -0.185. The van der Waals surface area contributed by atoms with E-state index in [9.17, 15) is 9.90 Å². The molecular formula is C20H18ClN5O2. The van der Waals surface area contributed by atoms with Crippen LogP contribution in [0.15, 0.2) is 48.9 Å². The molecule has 0 aliphatic carbocycles. The lowest BCUT2D eigenvalue weighted by Gasteiger charge is -2.16. The fraction of sp³-hybridized carbons (Fsp3) is 0.250. The minimum absolute atomic E-state index is 0.00445. The predicted octanol–water partition coefficient (Wildman–Crippen LogP) is 2.67. The molecule has 1 amide bonds. The van der Waals surface area contributed by atoms with Gasteiger partial charge in [-0.2, -0.15) is 0 Å². The maximum atomic E-state index is 12.9. The fourth-order valence-electron chi connectivity index (χ4n) is 3.39. The van der Waals surface area contributed by atoms with E-state index in [1.165, 1.54) is 0 Å². The summed E-state index contributed by atoms with van der Waals surface area (Å²) in [5, 5.41) is 18.3. The molecule has 142 valence electrons. The summed E-state index contributed by atoms with van der Waals surface area (Å²) in [4.78, 5) is 22.6. The monoisotopic (exact) mass is 395 g/mol. The van der Waals surface area contributed by atoms with Gasteiger partial charge in [-0.1, -0.05) is 11.6 Å². The number of aliphatic hydroxyl groups is 1. The van der Waals surface area contributed by atoms with E-state index in [0.29, 0.717) is 35.9 Å². The van der Waals surface area contributed by atoms with Gasteiger partial charge in [-0.05, 0) is 54.3 Å². The van der Waals surface area contributed by atoms with Crippen LogP contribution in [0.4, 0.5) is 5.82 Å². The molecule has 8 heteroatoms. The quantitative estimate of drug-likeness (QED) is 0.668. The number of nitrogens with zero attached hydrogens (tertiary/aromatic N) is 5. The van der Waals surface area contributed by atoms with Gasteiger partial charge in [0.05, 0.1) is 12.3 Å². The van der Waals surface area contributed by atoms with E-state index in [2.05, 4.69) is 20.2 Å². The van der Waals surface area contributed by atoms with Crippen molar-refractivity contribution in [3.05, 3.63) is 65.2 Å². The largest absolute Gasteiger partial charge is 0.392 e. The highest BCUT2D eigenvalue weighted by molar-refractivity contribution is 6.29. The normalized spacial score (nSPS) is 16.6. The average Bonchev–Trinajstić information content (AvgIpc) is 3.10. The van der Waals surface area contributed by atoms with Crippen molar-refractivity contribution in [3.8, 4) is 11.3 Å². The SMILES string of the molecule is O=C1C(Cc2cnc(Cl)cc2CO)CCN1c1ccc(-c2ccncc2)nn1. The van der Waals surface area contributed by atoms with Gasteiger partial charge < -0.3 is 5.11 Å². The molecule has 1 saturated heterocycles. The molecule has 1 atom stereocenters. The number of hydrogen-bond donors (Lipinski definition) is 1. The standard InChI is InChI=1S/C20H18ClN5O2/c21-18-10-16(12-27)15(11-23-18)9-14-5-8-26(20(14)28)19-2-1-17(24-25-19)13-3-6-22-7-4-13/h1-4,6-7,10-11,14,27H,5,8-9,12H2. The summed E-state index contributed by atoms with van der Waals surface area (Å²) in [6.07, 6.45) is 6.25. The van der Waals surface area contributed by atoms with Crippen LogP contribution in [-0.2, 0) is 17.8 Å². The lowest BCUT2D eigenvalue weighted by molar-refractivity contribution is -0.120. The second-order valence-electron chi connectivity index (χ2n) is 6.63. The first kappa shape index (κ1) is 18.5. The van der Waals surface area contributed by atoms with Crippen molar-refractivity contribution in [2.45, 2.75) is 19.4 Å². The van der Waals surface area contributed by atoms with E-state index < -0.39 is 0 Å². The highest BCUT2D eigenvalue weighted by Crippen LogP contribution is 2.28. The maximum absolute atomic E-state index is 12.9. The molecule has 1 aliphatic rings. The number of anilines is 1. The summed E-state index contributed by atoms with van der Waals surface area (Å²) in [6.45, 7) is 0.451. The Labute approximate surface area is 167 Å². The van der Waals surface area contributed by atoms with Gasteiger partial charge >= 0.3 is 0 Å². The van der Waals surface area contributed by atoms with Crippen molar-refractivity contribution >= 4 is 23.3 Å². The lowest BCUT2D eigenvalue weighted by Crippen LogP contribution is -2.28. The smallest absolute Gasteiger partial charge is 0.231 e. The summed E-state index contributed by atoms with van der Waals surface area (Å²) in [6, 6.07) is 9.02. The van der Waals surface area contributed by atoms with E-state index in [1.54, 1.807) is 29.6 Å². The summed E-state index contributed by atoms with van der Waals surface area (Å²) < 4.78 is 0. The first-order chi connectivity index (χ1) is 13.7. The Kier molecular flexibility index (Phi) is 5.27. The van der Waals surface area contributed by atoms with Crippen molar-refractivity contribution in [1.82, 2.24) is 20.2 Å². The second-order valence-corrected chi connectivity index (χ2v) is 7.01. The molecule has 0 aromatic carbocycles.